The first-order valence-electron chi connectivity index (χ1n) is 6.66. The van der Waals surface area contributed by atoms with Crippen LogP contribution in [0.4, 0.5) is 0 Å². The highest BCUT2D eigenvalue weighted by molar-refractivity contribution is 5.04. The number of nitrogens with zero attached hydrogens (tertiary/aromatic N) is 1. The fraction of sp³-hybridized carbons (Fsp3) is 0.714. The van der Waals surface area contributed by atoms with E-state index in [0.717, 1.165) is 25.6 Å². The van der Waals surface area contributed by atoms with Crippen LogP contribution in [0.1, 0.15) is 38.2 Å². The zero-order chi connectivity index (χ0) is 12.5. The monoisotopic (exact) mass is 238 g/mol. The van der Waals surface area contributed by atoms with E-state index in [0.29, 0.717) is 0 Å². The molecule has 0 aliphatic heterocycles. The second kappa shape index (κ2) is 8.31. The first kappa shape index (κ1) is 14.3. The average molecular weight is 238 g/mol. The van der Waals surface area contributed by atoms with Gasteiger partial charge in [-0.1, -0.05) is 13.3 Å². The molecule has 98 valence electrons. The van der Waals surface area contributed by atoms with Crippen molar-refractivity contribution in [1.29, 1.82) is 0 Å². The van der Waals surface area contributed by atoms with Gasteiger partial charge >= 0.3 is 0 Å². The molecular weight excluding hydrogens is 212 g/mol. The molecule has 0 bridgehead atoms. The highest BCUT2D eigenvalue weighted by atomic mass is 16.3. The minimum Gasteiger partial charge on any atom is -0.472 e. The van der Waals surface area contributed by atoms with E-state index in [1.165, 1.54) is 31.2 Å². The number of rotatable bonds is 9. The fourth-order valence-electron chi connectivity index (χ4n) is 2.21. The van der Waals surface area contributed by atoms with Gasteiger partial charge in [-0.2, -0.15) is 0 Å². The standard InChI is InChI=1S/C14H26N2O/c1-3-13(6-8-15)5-4-9-16(2)11-14-7-10-17-12-14/h7,10,12-13H,3-6,8-9,11,15H2,1-2H3. The predicted octanol–water partition coefficient (Wildman–Crippen LogP) is 2.87. The summed E-state index contributed by atoms with van der Waals surface area (Å²) in [5, 5.41) is 0. The normalized spacial score (nSPS) is 13.2. The van der Waals surface area contributed by atoms with E-state index < -0.39 is 0 Å². The van der Waals surface area contributed by atoms with E-state index in [4.69, 9.17) is 10.2 Å². The summed E-state index contributed by atoms with van der Waals surface area (Å²) >= 11 is 0. The van der Waals surface area contributed by atoms with Gasteiger partial charge in [0, 0.05) is 12.1 Å². The second-order valence-electron chi connectivity index (χ2n) is 4.86. The van der Waals surface area contributed by atoms with Crippen LogP contribution in [0.2, 0.25) is 0 Å². The number of furan rings is 1. The first-order chi connectivity index (χ1) is 8.26. The molecule has 2 N–H and O–H groups in total. The topological polar surface area (TPSA) is 42.4 Å². The van der Waals surface area contributed by atoms with Crippen LogP contribution in [0, 0.1) is 5.92 Å². The van der Waals surface area contributed by atoms with Crippen LogP contribution in [0.3, 0.4) is 0 Å². The minimum absolute atomic E-state index is 0.808. The largest absolute Gasteiger partial charge is 0.472 e. The Labute approximate surface area is 105 Å². The van der Waals surface area contributed by atoms with Gasteiger partial charge in [-0.25, -0.2) is 0 Å². The highest BCUT2D eigenvalue weighted by Crippen LogP contribution is 2.15. The van der Waals surface area contributed by atoms with Crippen LogP contribution < -0.4 is 5.73 Å². The van der Waals surface area contributed by atoms with Crippen molar-refractivity contribution in [3.8, 4) is 0 Å². The SMILES string of the molecule is CCC(CCN)CCCN(C)Cc1ccoc1. The molecule has 3 heteroatoms. The Bertz CT molecular complexity index is 272. The van der Waals surface area contributed by atoms with Crippen molar-refractivity contribution >= 4 is 0 Å². The van der Waals surface area contributed by atoms with E-state index in [1.54, 1.807) is 6.26 Å². The first-order valence-corrected chi connectivity index (χ1v) is 6.66. The molecule has 3 nitrogen and oxygen atoms in total. The van der Waals surface area contributed by atoms with Crippen LogP contribution in [0.25, 0.3) is 0 Å². The Morgan fingerprint density at radius 3 is 2.82 bits per heavy atom. The highest BCUT2D eigenvalue weighted by Gasteiger charge is 2.06. The Kier molecular flexibility index (Phi) is 6.97. The Morgan fingerprint density at radius 1 is 1.41 bits per heavy atom. The van der Waals surface area contributed by atoms with Crippen molar-refractivity contribution in [2.45, 2.75) is 39.2 Å². The van der Waals surface area contributed by atoms with Crippen molar-refractivity contribution in [3.05, 3.63) is 24.2 Å². The summed E-state index contributed by atoms with van der Waals surface area (Å²) in [6.07, 6.45) is 8.53. The predicted molar refractivity (Wildman–Crippen MR) is 71.7 cm³/mol. The van der Waals surface area contributed by atoms with Crippen LogP contribution in [-0.4, -0.2) is 25.0 Å². The summed E-state index contributed by atoms with van der Waals surface area (Å²) in [4.78, 5) is 2.35. The van der Waals surface area contributed by atoms with E-state index in [2.05, 4.69) is 18.9 Å². The fourth-order valence-corrected chi connectivity index (χ4v) is 2.21. The Morgan fingerprint density at radius 2 is 2.24 bits per heavy atom. The minimum atomic E-state index is 0.808. The van der Waals surface area contributed by atoms with Gasteiger partial charge < -0.3 is 15.1 Å². The second-order valence-corrected chi connectivity index (χ2v) is 4.86. The Balaban J connectivity index is 2.13. The molecule has 0 fully saturated rings. The van der Waals surface area contributed by atoms with Crippen molar-refractivity contribution in [1.82, 2.24) is 4.90 Å². The van der Waals surface area contributed by atoms with Gasteiger partial charge in [0.2, 0.25) is 0 Å². The van der Waals surface area contributed by atoms with Crippen LogP contribution in [-0.2, 0) is 6.54 Å². The number of nitrogens with two attached hydrogens (primary N) is 1. The van der Waals surface area contributed by atoms with Gasteiger partial charge in [0.15, 0.2) is 0 Å². The summed E-state index contributed by atoms with van der Waals surface area (Å²) < 4.78 is 5.07. The van der Waals surface area contributed by atoms with E-state index in [9.17, 15) is 0 Å². The molecule has 0 radical (unpaired) electrons. The Hall–Kier alpha value is -0.800. The maximum Gasteiger partial charge on any atom is 0.0947 e. The van der Waals surface area contributed by atoms with E-state index in [1.807, 2.05) is 12.3 Å². The van der Waals surface area contributed by atoms with E-state index >= 15 is 0 Å². The molecule has 1 aromatic rings. The molecule has 0 spiro atoms. The van der Waals surface area contributed by atoms with Crippen molar-refractivity contribution in [2.24, 2.45) is 11.7 Å². The third-order valence-corrected chi connectivity index (χ3v) is 3.34. The average Bonchev–Trinajstić information content (AvgIpc) is 2.80. The molecule has 1 heterocycles. The lowest BCUT2D eigenvalue weighted by Crippen LogP contribution is -2.19. The number of hydrogen-bond donors (Lipinski definition) is 1. The third-order valence-electron chi connectivity index (χ3n) is 3.34. The van der Waals surface area contributed by atoms with Crippen LogP contribution >= 0.6 is 0 Å². The third kappa shape index (κ3) is 5.89. The van der Waals surface area contributed by atoms with Gasteiger partial charge in [0.25, 0.3) is 0 Å². The summed E-state index contributed by atoms with van der Waals surface area (Å²) in [5.74, 6) is 0.808. The van der Waals surface area contributed by atoms with Crippen LogP contribution in [0.15, 0.2) is 23.0 Å². The summed E-state index contributed by atoms with van der Waals surface area (Å²) in [5.41, 5.74) is 6.86. The van der Waals surface area contributed by atoms with Crippen molar-refractivity contribution in [3.63, 3.8) is 0 Å². The number of hydrogen-bond acceptors (Lipinski definition) is 3. The van der Waals surface area contributed by atoms with Crippen molar-refractivity contribution in [2.75, 3.05) is 20.1 Å². The molecule has 1 unspecified atom stereocenters. The molecule has 0 saturated heterocycles. The maximum atomic E-state index is 5.61. The van der Waals surface area contributed by atoms with Gasteiger partial charge in [-0.15, -0.1) is 0 Å². The van der Waals surface area contributed by atoms with Crippen molar-refractivity contribution < 1.29 is 4.42 Å². The lowest BCUT2D eigenvalue weighted by molar-refractivity contribution is 0.299. The summed E-state index contributed by atoms with van der Waals surface area (Å²) in [6, 6.07) is 2.03. The van der Waals surface area contributed by atoms with Gasteiger partial charge in [0.1, 0.15) is 0 Å². The maximum absolute atomic E-state index is 5.61. The zero-order valence-corrected chi connectivity index (χ0v) is 11.2. The molecule has 0 saturated carbocycles. The lowest BCUT2D eigenvalue weighted by Gasteiger charge is -2.18. The summed E-state index contributed by atoms with van der Waals surface area (Å²) in [6.45, 7) is 5.20. The lowest BCUT2D eigenvalue weighted by atomic mass is 9.96. The molecular formula is C14H26N2O. The smallest absolute Gasteiger partial charge is 0.0947 e. The molecule has 17 heavy (non-hydrogen) atoms. The van der Waals surface area contributed by atoms with Crippen LogP contribution in [0.5, 0.6) is 0 Å². The molecule has 0 aliphatic carbocycles. The molecule has 1 aromatic heterocycles. The molecule has 1 atom stereocenters. The summed E-state index contributed by atoms with van der Waals surface area (Å²) in [7, 11) is 2.16. The molecule has 0 aromatic carbocycles. The molecule has 0 amide bonds. The molecule has 1 rings (SSSR count). The van der Waals surface area contributed by atoms with Gasteiger partial charge in [0.05, 0.1) is 12.5 Å². The molecule has 0 aliphatic rings. The zero-order valence-electron chi connectivity index (χ0n) is 11.2. The quantitative estimate of drug-likeness (QED) is 0.719. The van der Waals surface area contributed by atoms with Gasteiger partial charge in [-0.05, 0) is 51.4 Å². The van der Waals surface area contributed by atoms with Gasteiger partial charge in [-0.3, -0.25) is 0 Å². The van der Waals surface area contributed by atoms with E-state index in [-0.39, 0.29) is 0 Å².